The molecule has 0 aliphatic carbocycles. The number of anilines is 2. The molecule has 0 radical (unpaired) electrons. The van der Waals surface area contributed by atoms with Gasteiger partial charge in [-0.3, -0.25) is 9.78 Å². The first-order valence-corrected chi connectivity index (χ1v) is 5.00. The summed E-state index contributed by atoms with van der Waals surface area (Å²) in [5.41, 5.74) is 7.27. The molecule has 2 rings (SSSR count). The standard InChI is InChI=1S/C10H14N4O/c11-3-1-5-14-7-10(15)13-8-2-4-12-6-9(8)14/h2,4,6H,1,3,5,7,11H2,(H,13,15). The fourth-order valence-corrected chi connectivity index (χ4v) is 1.67. The van der Waals surface area contributed by atoms with E-state index in [0.717, 1.165) is 24.3 Å². The van der Waals surface area contributed by atoms with Crippen molar-refractivity contribution >= 4 is 17.3 Å². The second-order valence-corrected chi connectivity index (χ2v) is 3.50. The molecular formula is C10H14N4O. The number of nitrogens with one attached hydrogen (secondary N) is 1. The number of carbonyl (C=O) groups is 1. The minimum absolute atomic E-state index is 0.0192. The van der Waals surface area contributed by atoms with Crippen LogP contribution in [-0.2, 0) is 4.79 Å². The Morgan fingerprint density at radius 3 is 3.27 bits per heavy atom. The van der Waals surface area contributed by atoms with E-state index in [2.05, 4.69) is 10.3 Å². The third kappa shape index (κ3) is 2.07. The van der Waals surface area contributed by atoms with Crippen LogP contribution in [-0.4, -0.2) is 30.5 Å². The molecule has 80 valence electrons. The molecule has 1 aliphatic rings. The summed E-state index contributed by atoms with van der Waals surface area (Å²) >= 11 is 0. The van der Waals surface area contributed by atoms with Gasteiger partial charge in [0.05, 0.1) is 24.1 Å². The Morgan fingerprint density at radius 2 is 2.47 bits per heavy atom. The molecule has 0 aromatic carbocycles. The number of aromatic nitrogens is 1. The highest BCUT2D eigenvalue weighted by molar-refractivity contribution is 6.00. The van der Waals surface area contributed by atoms with Gasteiger partial charge in [0, 0.05) is 12.7 Å². The summed E-state index contributed by atoms with van der Waals surface area (Å²) in [6.45, 7) is 1.81. The molecule has 0 spiro atoms. The van der Waals surface area contributed by atoms with Crippen LogP contribution in [0.1, 0.15) is 6.42 Å². The van der Waals surface area contributed by atoms with Crippen LogP contribution in [0.3, 0.4) is 0 Å². The number of nitrogens with zero attached hydrogens (tertiary/aromatic N) is 2. The van der Waals surface area contributed by atoms with E-state index in [0.29, 0.717) is 13.1 Å². The average molecular weight is 206 g/mol. The van der Waals surface area contributed by atoms with Crippen molar-refractivity contribution in [3.8, 4) is 0 Å². The Bertz CT molecular complexity index is 366. The molecular weight excluding hydrogens is 192 g/mol. The Labute approximate surface area is 88.3 Å². The Kier molecular flexibility index (Phi) is 2.82. The monoisotopic (exact) mass is 206 g/mol. The molecule has 1 aliphatic heterocycles. The van der Waals surface area contributed by atoms with E-state index in [1.807, 2.05) is 11.0 Å². The van der Waals surface area contributed by atoms with E-state index in [1.54, 1.807) is 12.4 Å². The van der Waals surface area contributed by atoms with Crippen molar-refractivity contribution in [1.82, 2.24) is 4.98 Å². The molecule has 1 aromatic rings. The van der Waals surface area contributed by atoms with Crippen molar-refractivity contribution in [2.75, 3.05) is 29.9 Å². The van der Waals surface area contributed by atoms with Gasteiger partial charge >= 0.3 is 0 Å². The lowest BCUT2D eigenvalue weighted by Gasteiger charge is -2.30. The summed E-state index contributed by atoms with van der Waals surface area (Å²) in [5.74, 6) is 0.0192. The van der Waals surface area contributed by atoms with Gasteiger partial charge in [0.2, 0.25) is 5.91 Å². The van der Waals surface area contributed by atoms with Gasteiger partial charge < -0.3 is 16.0 Å². The minimum Gasteiger partial charge on any atom is -0.359 e. The summed E-state index contributed by atoms with van der Waals surface area (Å²) < 4.78 is 0. The van der Waals surface area contributed by atoms with Crippen molar-refractivity contribution < 1.29 is 4.79 Å². The number of rotatable bonds is 3. The zero-order valence-corrected chi connectivity index (χ0v) is 8.44. The van der Waals surface area contributed by atoms with Gasteiger partial charge in [-0.15, -0.1) is 0 Å². The van der Waals surface area contributed by atoms with Gasteiger partial charge in [0.1, 0.15) is 0 Å². The van der Waals surface area contributed by atoms with Crippen LogP contribution in [0.25, 0.3) is 0 Å². The first kappa shape index (κ1) is 9.92. The van der Waals surface area contributed by atoms with Crippen molar-refractivity contribution in [2.45, 2.75) is 6.42 Å². The number of fused-ring (bicyclic) bond motifs is 1. The van der Waals surface area contributed by atoms with Gasteiger partial charge in [-0.05, 0) is 19.0 Å². The van der Waals surface area contributed by atoms with Crippen LogP contribution in [0.5, 0.6) is 0 Å². The molecule has 0 unspecified atom stereocenters. The van der Waals surface area contributed by atoms with E-state index in [9.17, 15) is 4.79 Å². The number of amides is 1. The van der Waals surface area contributed by atoms with E-state index in [1.165, 1.54) is 0 Å². The Morgan fingerprint density at radius 1 is 1.60 bits per heavy atom. The average Bonchev–Trinajstić information content (AvgIpc) is 2.25. The van der Waals surface area contributed by atoms with Crippen molar-refractivity contribution in [2.24, 2.45) is 5.73 Å². The molecule has 0 saturated carbocycles. The maximum atomic E-state index is 11.4. The molecule has 0 atom stereocenters. The minimum atomic E-state index is 0.0192. The van der Waals surface area contributed by atoms with Crippen molar-refractivity contribution in [3.63, 3.8) is 0 Å². The van der Waals surface area contributed by atoms with E-state index in [-0.39, 0.29) is 5.91 Å². The largest absolute Gasteiger partial charge is 0.359 e. The van der Waals surface area contributed by atoms with Crippen LogP contribution in [0, 0.1) is 0 Å². The van der Waals surface area contributed by atoms with E-state index < -0.39 is 0 Å². The third-order valence-corrected chi connectivity index (χ3v) is 2.38. The van der Waals surface area contributed by atoms with Crippen LogP contribution in [0.2, 0.25) is 0 Å². The van der Waals surface area contributed by atoms with Crippen LogP contribution in [0.4, 0.5) is 11.4 Å². The highest BCUT2D eigenvalue weighted by Gasteiger charge is 2.20. The molecule has 15 heavy (non-hydrogen) atoms. The number of hydrogen-bond donors (Lipinski definition) is 2. The second kappa shape index (κ2) is 4.27. The topological polar surface area (TPSA) is 71.2 Å². The fourth-order valence-electron chi connectivity index (χ4n) is 1.67. The molecule has 5 nitrogen and oxygen atoms in total. The van der Waals surface area contributed by atoms with E-state index >= 15 is 0 Å². The first-order chi connectivity index (χ1) is 7.31. The van der Waals surface area contributed by atoms with Gasteiger partial charge in [-0.25, -0.2) is 0 Å². The fraction of sp³-hybridized carbons (Fsp3) is 0.400. The lowest BCUT2D eigenvalue weighted by Crippen LogP contribution is -2.39. The lowest BCUT2D eigenvalue weighted by atomic mass is 10.2. The second-order valence-electron chi connectivity index (χ2n) is 3.50. The van der Waals surface area contributed by atoms with Gasteiger partial charge in [-0.1, -0.05) is 0 Å². The number of hydrogen-bond acceptors (Lipinski definition) is 4. The molecule has 1 amide bonds. The van der Waals surface area contributed by atoms with Crippen LogP contribution < -0.4 is 16.0 Å². The first-order valence-electron chi connectivity index (χ1n) is 5.00. The summed E-state index contributed by atoms with van der Waals surface area (Å²) in [7, 11) is 0. The molecule has 0 saturated heterocycles. The van der Waals surface area contributed by atoms with Gasteiger partial charge in [0.25, 0.3) is 0 Å². The molecule has 0 bridgehead atoms. The molecule has 3 N–H and O–H groups in total. The quantitative estimate of drug-likeness (QED) is 0.740. The predicted octanol–water partition coefficient (Wildman–Crippen LogP) is 0.189. The summed E-state index contributed by atoms with van der Waals surface area (Å²) in [6.07, 6.45) is 4.32. The summed E-state index contributed by atoms with van der Waals surface area (Å²) in [4.78, 5) is 17.5. The predicted molar refractivity (Wildman–Crippen MR) is 58.8 cm³/mol. The zero-order chi connectivity index (χ0) is 10.7. The molecule has 2 heterocycles. The Hall–Kier alpha value is -1.62. The number of pyridine rings is 1. The lowest BCUT2D eigenvalue weighted by molar-refractivity contribution is -0.115. The highest BCUT2D eigenvalue weighted by Crippen LogP contribution is 2.27. The number of carbonyl (C=O) groups excluding carboxylic acids is 1. The third-order valence-electron chi connectivity index (χ3n) is 2.38. The highest BCUT2D eigenvalue weighted by atomic mass is 16.2. The molecule has 5 heteroatoms. The maximum Gasteiger partial charge on any atom is 0.243 e. The SMILES string of the molecule is NCCCN1CC(=O)Nc2ccncc21. The zero-order valence-electron chi connectivity index (χ0n) is 8.44. The van der Waals surface area contributed by atoms with Crippen molar-refractivity contribution in [3.05, 3.63) is 18.5 Å². The van der Waals surface area contributed by atoms with Gasteiger partial charge in [0.15, 0.2) is 0 Å². The Balaban J connectivity index is 2.22. The normalized spacial score (nSPS) is 14.7. The smallest absolute Gasteiger partial charge is 0.243 e. The van der Waals surface area contributed by atoms with Crippen LogP contribution >= 0.6 is 0 Å². The maximum absolute atomic E-state index is 11.4. The van der Waals surface area contributed by atoms with Crippen molar-refractivity contribution in [1.29, 1.82) is 0 Å². The van der Waals surface area contributed by atoms with Crippen LogP contribution in [0.15, 0.2) is 18.5 Å². The number of nitrogens with two attached hydrogens (primary N) is 1. The summed E-state index contributed by atoms with van der Waals surface area (Å²) in [5, 5.41) is 2.81. The molecule has 1 aromatic heterocycles. The van der Waals surface area contributed by atoms with E-state index in [4.69, 9.17) is 5.73 Å². The molecule has 0 fully saturated rings. The van der Waals surface area contributed by atoms with Gasteiger partial charge in [-0.2, -0.15) is 0 Å². The summed E-state index contributed by atoms with van der Waals surface area (Å²) in [6, 6.07) is 1.81.